The Kier molecular flexibility index (Phi) is 6.52. The fraction of sp³-hybridized carbons (Fsp3) is 0.636. The van der Waals surface area contributed by atoms with Gasteiger partial charge in [-0.2, -0.15) is 4.98 Å². The number of ether oxygens (including phenoxy) is 1. The summed E-state index contributed by atoms with van der Waals surface area (Å²) in [4.78, 5) is 42.0. The van der Waals surface area contributed by atoms with Crippen LogP contribution in [0.4, 0.5) is 10.7 Å². The molecule has 0 saturated heterocycles. The Balaban J connectivity index is 1.87. The van der Waals surface area contributed by atoms with Gasteiger partial charge >= 0.3 is 11.8 Å². The van der Waals surface area contributed by atoms with Crippen LogP contribution in [-0.2, 0) is 25.4 Å². The van der Waals surface area contributed by atoms with Gasteiger partial charge < -0.3 is 19.9 Å². The lowest BCUT2D eigenvalue weighted by molar-refractivity contribution is 0.0505. The number of carbonyl (C=O) groups is 1. The molecule has 176 valence electrons. The van der Waals surface area contributed by atoms with Crippen molar-refractivity contribution in [1.29, 1.82) is 0 Å². The molecule has 32 heavy (non-hydrogen) atoms. The summed E-state index contributed by atoms with van der Waals surface area (Å²) in [5, 5.41) is 6.36. The quantitative estimate of drug-likeness (QED) is 0.682. The molecule has 2 N–H and O–H groups in total. The third-order valence-corrected chi connectivity index (χ3v) is 5.52. The number of aryl methyl sites for hydroxylation is 1. The van der Waals surface area contributed by atoms with Gasteiger partial charge in [-0.25, -0.2) is 9.59 Å². The standard InChI is InChI=1S/C22H34N6O4/c1-13(2)10-11-28-16-17(26(6)21(31)27(7)18(16)29)25-19(28)23-14-8-9-15(12-14)24-20(30)32-22(3,4)5/h10,14-15H,8-9,11-12H2,1-7H3,(H,23,25)(H,24,30)/t14-,15+/m0/s1. The van der Waals surface area contributed by atoms with Crippen molar-refractivity contribution < 1.29 is 9.53 Å². The highest BCUT2D eigenvalue weighted by molar-refractivity contribution is 5.74. The third kappa shape index (κ3) is 5.05. The molecule has 1 aliphatic carbocycles. The van der Waals surface area contributed by atoms with Crippen molar-refractivity contribution in [2.24, 2.45) is 14.1 Å². The van der Waals surface area contributed by atoms with Crippen molar-refractivity contribution in [2.75, 3.05) is 5.32 Å². The predicted molar refractivity (Wildman–Crippen MR) is 124 cm³/mol. The molecule has 1 fully saturated rings. The molecule has 0 bridgehead atoms. The SMILES string of the molecule is CC(C)=CCn1c(N[C@H]2CC[C@@H](NC(=O)OC(C)(C)C)C2)nc2c1c(=O)n(C)c(=O)n2C. The lowest BCUT2D eigenvalue weighted by Gasteiger charge is -2.22. The zero-order chi connectivity index (χ0) is 23.8. The minimum Gasteiger partial charge on any atom is -0.444 e. The molecule has 10 nitrogen and oxygen atoms in total. The highest BCUT2D eigenvalue weighted by Crippen LogP contribution is 2.25. The van der Waals surface area contributed by atoms with Crippen LogP contribution >= 0.6 is 0 Å². The smallest absolute Gasteiger partial charge is 0.407 e. The summed E-state index contributed by atoms with van der Waals surface area (Å²) in [5.74, 6) is 0.540. The van der Waals surface area contributed by atoms with E-state index >= 15 is 0 Å². The minimum absolute atomic E-state index is 0.00446. The van der Waals surface area contributed by atoms with E-state index in [1.807, 2.05) is 45.3 Å². The highest BCUT2D eigenvalue weighted by atomic mass is 16.6. The Labute approximate surface area is 187 Å². The van der Waals surface area contributed by atoms with Crippen LogP contribution in [0.15, 0.2) is 21.2 Å². The maximum absolute atomic E-state index is 12.9. The van der Waals surface area contributed by atoms with Gasteiger partial charge in [-0.3, -0.25) is 13.9 Å². The maximum atomic E-state index is 12.9. The molecular weight excluding hydrogens is 412 g/mol. The van der Waals surface area contributed by atoms with Crippen LogP contribution in [0.2, 0.25) is 0 Å². The zero-order valence-corrected chi connectivity index (χ0v) is 20.0. The lowest BCUT2D eigenvalue weighted by Crippen LogP contribution is -2.38. The van der Waals surface area contributed by atoms with Crippen molar-refractivity contribution in [2.45, 2.75) is 78.1 Å². The molecule has 1 amide bonds. The average Bonchev–Trinajstić information content (AvgIpc) is 3.26. The molecule has 2 aromatic rings. The molecule has 10 heteroatoms. The number of aromatic nitrogens is 4. The van der Waals surface area contributed by atoms with E-state index in [1.165, 1.54) is 11.6 Å². The first-order chi connectivity index (χ1) is 14.9. The van der Waals surface area contributed by atoms with Crippen LogP contribution < -0.4 is 21.9 Å². The number of rotatable bonds is 5. The number of anilines is 1. The summed E-state index contributed by atoms with van der Waals surface area (Å²) >= 11 is 0. The van der Waals surface area contributed by atoms with E-state index in [1.54, 1.807) is 7.05 Å². The predicted octanol–water partition coefficient (Wildman–Crippen LogP) is 2.26. The monoisotopic (exact) mass is 446 g/mol. The summed E-state index contributed by atoms with van der Waals surface area (Å²) in [5.41, 5.74) is 0.519. The Hall–Kier alpha value is -3.04. The van der Waals surface area contributed by atoms with E-state index in [4.69, 9.17) is 4.74 Å². The van der Waals surface area contributed by atoms with Crippen molar-refractivity contribution in [3.05, 3.63) is 32.5 Å². The first-order valence-corrected chi connectivity index (χ1v) is 10.9. The van der Waals surface area contributed by atoms with Crippen LogP contribution in [0.25, 0.3) is 11.2 Å². The van der Waals surface area contributed by atoms with Gasteiger partial charge in [-0.05, 0) is 53.9 Å². The fourth-order valence-electron chi connectivity index (χ4n) is 3.91. The van der Waals surface area contributed by atoms with Crippen LogP contribution in [-0.4, -0.2) is 42.5 Å². The van der Waals surface area contributed by atoms with Gasteiger partial charge in [-0.1, -0.05) is 11.6 Å². The van der Waals surface area contributed by atoms with Crippen molar-refractivity contribution in [3.63, 3.8) is 0 Å². The normalized spacial score (nSPS) is 18.6. The zero-order valence-electron chi connectivity index (χ0n) is 20.0. The summed E-state index contributed by atoms with van der Waals surface area (Å²) < 4.78 is 9.66. The topological polar surface area (TPSA) is 112 Å². The molecule has 0 aliphatic heterocycles. The number of nitrogens with zero attached hydrogens (tertiary/aromatic N) is 4. The van der Waals surface area contributed by atoms with Crippen LogP contribution in [0, 0.1) is 0 Å². The van der Waals surface area contributed by atoms with Crippen LogP contribution in [0.5, 0.6) is 0 Å². The lowest BCUT2D eigenvalue weighted by atomic mass is 10.2. The van der Waals surface area contributed by atoms with E-state index in [0.717, 1.165) is 23.0 Å². The molecule has 1 saturated carbocycles. The first-order valence-electron chi connectivity index (χ1n) is 10.9. The summed E-state index contributed by atoms with van der Waals surface area (Å²) in [6, 6.07) is 0.0632. The number of nitrogens with one attached hydrogen (secondary N) is 2. The minimum atomic E-state index is -0.543. The molecule has 0 spiro atoms. The number of imidazole rings is 1. The van der Waals surface area contributed by atoms with Gasteiger partial charge in [0.15, 0.2) is 11.2 Å². The highest BCUT2D eigenvalue weighted by Gasteiger charge is 2.29. The van der Waals surface area contributed by atoms with E-state index in [-0.39, 0.29) is 17.6 Å². The van der Waals surface area contributed by atoms with Crippen molar-refractivity contribution >= 4 is 23.2 Å². The Morgan fingerprint density at radius 3 is 2.44 bits per heavy atom. The van der Waals surface area contributed by atoms with Crippen LogP contribution in [0.3, 0.4) is 0 Å². The van der Waals surface area contributed by atoms with Gasteiger partial charge in [0.25, 0.3) is 5.56 Å². The number of allylic oxidation sites excluding steroid dienone is 2. The van der Waals surface area contributed by atoms with Gasteiger partial charge in [0, 0.05) is 32.7 Å². The first kappa shape index (κ1) is 23.6. The van der Waals surface area contributed by atoms with E-state index < -0.39 is 17.4 Å². The molecule has 0 radical (unpaired) electrons. The molecule has 2 heterocycles. The summed E-state index contributed by atoms with van der Waals surface area (Å²) in [6.07, 6.45) is 3.95. The van der Waals surface area contributed by atoms with E-state index in [9.17, 15) is 14.4 Å². The van der Waals surface area contributed by atoms with Gasteiger partial charge in [0.1, 0.15) is 5.60 Å². The van der Waals surface area contributed by atoms with Gasteiger partial charge in [-0.15, -0.1) is 0 Å². The molecule has 2 aromatic heterocycles. The summed E-state index contributed by atoms with van der Waals surface area (Å²) in [6.45, 7) is 9.94. The molecule has 0 aromatic carbocycles. The van der Waals surface area contributed by atoms with Gasteiger partial charge in [0.2, 0.25) is 5.95 Å². The number of hydrogen-bond donors (Lipinski definition) is 2. The second-order valence-electron chi connectivity index (χ2n) is 9.70. The van der Waals surface area contributed by atoms with Crippen molar-refractivity contribution in [3.8, 4) is 0 Å². The largest absolute Gasteiger partial charge is 0.444 e. The summed E-state index contributed by atoms with van der Waals surface area (Å²) in [7, 11) is 3.09. The van der Waals surface area contributed by atoms with E-state index in [0.29, 0.717) is 30.1 Å². The number of alkyl carbamates (subject to hydrolysis) is 1. The van der Waals surface area contributed by atoms with Crippen LogP contribution in [0.1, 0.15) is 53.9 Å². The molecule has 2 atom stereocenters. The Bertz CT molecular complexity index is 1160. The fourth-order valence-corrected chi connectivity index (χ4v) is 3.91. The molecule has 0 unspecified atom stereocenters. The average molecular weight is 447 g/mol. The van der Waals surface area contributed by atoms with Gasteiger partial charge in [0.05, 0.1) is 0 Å². The Morgan fingerprint density at radius 2 is 1.81 bits per heavy atom. The Morgan fingerprint density at radius 1 is 1.16 bits per heavy atom. The number of amides is 1. The van der Waals surface area contributed by atoms with Crippen molar-refractivity contribution in [1.82, 2.24) is 24.0 Å². The number of hydrogen-bond acceptors (Lipinski definition) is 6. The second kappa shape index (κ2) is 8.84. The molecule has 3 rings (SSSR count). The maximum Gasteiger partial charge on any atom is 0.407 e. The number of carbonyl (C=O) groups excluding carboxylic acids is 1. The third-order valence-electron chi connectivity index (χ3n) is 5.52. The molecule has 1 aliphatic rings. The second-order valence-corrected chi connectivity index (χ2v) is 9.70. The molecular formula is C22H34N6O4. The van der Waals surface area contributed by atoms with E-state index in [2.05, 4.69) is 15.6 Å². The number of fused-ring (bicyclic) bond motifs is 1.